The van der Waals surface area contributed by atoms with Crippen LogP contribution in [0.25, 0.3) is 0 Å². The van der Waals surface area contributed by atoms with Gasteiger partial charge in [0.1, 0.15) is 0 Å². The van der Waals surface area contributed by atoms with Gasteiger partial charge in [0.15, 0.2) is 0 Å². The molecule has 0 saturated heterocycles. The number of nitrogens with one attached hydrogen (secondary N) is 1. The molecule has 4 saturated carbocycles. The first-order chi connectivity index (χ1) is 16.7. The number of carbonyl (C=O) groups excluding carboxylic acids is 2. The van der Waals surface area contributed by atoms with Crippen molar-refractivity contribution in [3.63, 3.8) is 0 Å². The molecule has 4 fully saturated rings. The van der Waals surface area contributed by atoms with Crippen molar-refractivity contribution < 1.29 is 96.1 Å². The Hall–Kier alpha value is 0.770. The summed E-state index contributed by atoms with van der Waals surface area (Å²) in [6, 6.07) is 0. The fraction of sp³-hybridized carbons (Fsp3) is 0.923. The van der Waals surface area contributed by atoms with Gasteiger partial charge in [-0.05, 0) is 104 Å². The number of fused-ring (bicyclic) bond motifs is 5. The van der Waals surface area contributed by atoms with Gasteiger partial charge in [0.25, 0.3) is 0 Å². The van der Waals surface area contributed by atoms with Crippen molar-refractivity contribution >= 4 is 22.3 Å². The van der Waals surface area contributed by atoms with Gasteiger partial charge in [0.2, 0.25) is 16.3 Å². The molecular formula is C26H41NNa2O8S. The summed E-state index contributed by atoms with van der Waals surface area (Å²) in [6.07, 6.45) is 6.62. The van der Waals surface area contributed by atoms with E-state index in [1.807, 2.05) is 0 Å². The number of aliphatic hydroxyl groups excluding tert-OH is 1. The Bertz CT molecular complexity index is 967. The Kier molecular flexibility index (Phi) is 12.3. The first-order valence-electron chi connectivity index (χ1n) is 13.5. The number of carboxylic acid groups (broad SMARTS) is 1. The Labute approximate surface area is 271 Å². The number of hydrogen-bond donors (Lipinski definition) is 2. The van der Waals surface area contributed by atoms with Crippen LogP contribution in [0.2, 0.25) is 0 Å². The summed E-state index contributed by atoms with van der Waals surface area (Å²) < 4.78 is 38.2. The molecule has 206 valence electrons. The Morgan fingerprint density at radius 3 is 2.32 bits per heavy atom. The van der Waals surface area contributed by atoms with E-state index in [4.69, 9.17) is 4.18 Å². The van der Waals surface area contributed by atoms with Gasteiger partial charge in [0.05, 0.1) is 24.7 Å². The van der Waals surface area contributed by atoms with Gasteiger partial charge in [-0.3, -0.25) is 8.98 Å². The molecule has 10 atom stereocenters. The number of rotatable bonds is 8. The Morgan fingerprint density at radius 2 is 1.68 bits per heavy atom. The molecule has 1 amide bonds. The van der Waals surface area contributed by atoms with E-state index < -0.39 is 35.1 Å². The van der Waals surface area contributed by atoms with Crippen molar-refractivity contribution in [3.8, 4) is 0 Å². The third-order valence-electron chi connectivity index (χ3n) is 10.9. The zero-order valence-electron chi connectivity index (χ0n) is 23.6. The van der Waals surface area contributed by atoms with Gasteiger partial charge < -0.3 is 24.9 Å². The van der Waals surface area contributed by atoms with Gasteiger partial charge in [-0.25, -0.2) is 8.42 Å². The molecule has 0 aliphatic heterocycles. The van der Waals surface area contributed by atoms with Crippen LogP contribution in [0.3, 0.4) is 0 Å². The molecule has 2 N–H and O–H groups in total. The molecule has 0 aromatic heterocycles. The van der Waals surface area contributed by atoms with E-state index in [1.165, 1.54) is 0 Å². The average Bonchev–Trinajstić information content (AvgIpc) is 3.13. The van der Waals surface area contributed by atoms with E-state index in [1.54, 1.807) is 0 Å². The fourth-order valence-electron chi connectivity index (χ4n) is 9.23. The summed E-state index contributed by atoms with van der Waals surface area (Å²) in [5, 5.41) is 24.4. The second-order valence-electron chi connectivity index (χ2n) is 12.6. The molecule has 4 rings (SSSR count). The molecule has 0 bridgehead atoms. The molecule has 12 heteroatoms. The molecule has 0 spiro atoms. The van der Waals surface area contributed by atoms with Crippen LogP contribution in [-0.2, 0) is 24.2 Å². The smallest absolute Gasteiger partial charge is 0.726 e. The molecule has 0 aromatic rings. The molecule has 0 heterocycles. The molecule has 0 radical (unpaired) electrons. The normalized spacial score (nSPS) is 40.8. The summed E-state index contributed by atoms with van der Waals surface area (Å²) in [5.74, 6) is 0.303. The number of aliphatic carboxylic acids is 1. The van der Waals surface area contributed by atoms with Gasteiger partial charge in [0, 0.05) is 6.42 Å². The minimum Gasteiger partial charge on any atom is -0.726 e. The van der Waals surface area contributed by atoms with E-state index in [2.05, 4.69) is 26.1 Å². The third-order valence-corrected chi connectivity index (χ3v) is 11.4. The minimum absolute atomic E-state index is 0. The molecular weight excluding hydrogens is 532 g/mol. The predicted octanol–water partition coefficient (Wildman–Crippen LogP) is -4.25. The van der Waals surface area contributed by atoms with Crippen LogP contribution in [0.1, 0.15) is 85.0 Å². The molecule has 9 nitrogen and oxygen atoms in total. The largest absolute Gasteiger partial charge is 1.00 e. The van der Waals surface area contributed by atoms with Crippen LogP contribution in [0.5, 0.6) is 0 Å². The fourth-order valence-corrected chi connectivity index (χ4v) is 9.74. The maximum absolute atomic E-state index is 12.0. The number of amides is 1. The molecule has 0 unspecified atom stereocenters. The number of carboxylic acids is 1. The van der Waals surface area contributed by atoms with Crippen LogP contribution >= 0.6 is 0 Å². The summed E-state index contributed by atoms with van der Waals surface area (Å²) in [5.41, 5.74) is 0.0850. The summed E-state index contributed by atoms with van der Waals surface area (Å²) in [6.45, 7) is 6.39. The maximum Gasteiger partial charge on any atom is 1.00 e. The van der Waals surface area contributed by atoms with Gasteiger partial charge >= 0.3 is 59.1 Å². The Balaban J connectivity index is 0.00000253. The SMILES string of the molecule is C[C@H](CCC(=O)NCC(=O)[O-])[C@H]1CC[C@H]2[C@@H]3[C@@H](O)C[C@@H]4C[C@H](OS(=O)(=O)[O-])CC[C@]4(C)[C@H]3CC[C@]12C.[Na+].[Na+]. The van der Waals surface area contributed by atoms with Crippen molar-refractivity contribution in [2.24, 2.45) is 46.3 Å². The van der Waals surface area contributed by atoms with Crippen LogP contribution in [-0.4, -0.2) is 48.7 Å². The predicted molar refractivity (Wildman–Crippen MR) is 128 cm³/mol. The van der Waals surface area contributed by atoms with Crippen LogP contribution in [0.15, 0.2) is 0 Å². The number of hydrogen-bond acceptors (Lipinski definition) is 8. The van der Waals surface area contributed by atoms with Crippen LogP contribution in [0, 0.1) is 46.3 Å². The van der Waals surface area contributed by atoms with Crippen molar-refractivity contribution in [2.75, 3.05) is 6.54 Å². The van der Waals surface area contributed by atoms with Crippen LogP contribution in [0.4, 0.5) is 0 Å². The second-order valence-corrected chi connectivity index (χ2v) is 13.6. The maximum atomic E-state index is 12.0. The first-order valence-corrected chi connectivity index (χ1v) is 14.9. The van der Waals surface area contributed by atoms with Gasteiger partial charge in [-0.15, -0.1) is 0 Å². The van der Waals surface area contributed by atoms with E-state index in [9.17, 15) is 32.8 Å². The van der Waals surface area contributed by atoms with E-state index >= 15 is 0 Å². The molecule has 38 heavy (non-hydrogen) atoms. The first kappa shape index (κ1) is 35.0. The molecule has 4 aliphatic rings. The zero-order chi connectivity index (χ0) is 26.5. The molecule has 0 aromatic carbocycles. The topological polar surface area (TPSA) is 156 Å². The Morgan fingerprint density at radius 1 is 1.05 bits per heavy atom. The monoisotopic (exact) mass is 573 g/mol. The zero-order valence-corrected chi connectivity index (χ0v) is 28.4. The minimum atomic E-state index is -4.74. The summed E-state index contributed by atoms with van der Waals surface area (Å²) >= 11 is 0. The number of aliphatic hydroxyl groups is 1. The third kappa shape index (κ3) is 7.21. The van der Waals surface area contributed by atoms with Gasteiger partial charge in [-0.2, -0.15) is 0 Å². The van der Waals surface area contributed by atoms with Crippen LogP contribution < -0.4 is 69.5 Å². The quantitative estimate of drug-likeness (QED) is 0.168. The molecule has 4 aliphatic carbocycles. The standard InChI is InChI=1S/C26H43NO8S.2Na/c1-15(4-7-22(29)27-14-23(30)31)18-5-6-19-24-20(9-11-26(18,19)3)25(2)10-8-17(35-36(32,33)34)12-16(25)13-21(24)28;;/h15-21,24,28H,4-14H2,1-3H3,(H,27,29)(H,30,31)(H,32,33,34);;/q;2*+1/p-2/t15-,16+,17-,18-,19+,20+,21+,24+,25+,26-;;/m1../s1. The van der Waals surface area contributed by atoms with Crippen molar-refractivity contribution in [1.82, 2.24) is 5.32 Å². The van der Waals surface area contributed by atoms with Crippen molar-refractivity contribution in [1.29, 1.82) is 0 Å². The second kappa shape index (κ2) is 13.4. The average molecular weight is 574 g/mol. The van der Waals surface area contributed by atoms with E-state index in [-0.39, 0.29) is 87.7 Å². The summed E-state index contributed by atoms with van der Waals surface area (Å²) in [4.78, 5) is 22.6. The van der Waals surface area contributed by atoms with Gasteiger partial charge in [-0.1, -0.05) is 20.8 Å². The number of carbonyl (C=O) groups is 2. The summed E-state index contributed by atoms with van der Waals surface area (Å²) in [7, 11) is -4.74. The van der Waals surface area contributed by atoms with Crippen molar-refractivity contribution in [3.05, 3.63) is 0 Å². The van der Waals surface area contributed by atoms with E-state index in [0.29, 0.717) is 55.8 Å². The van der Waals surface area contributed by atoms with E-state index in [0.717, 1.165) is 32.1 Å². The van der Waals surface area contributed by atoms with Crippen molar-refractivity contribution in [2.45, 2.75) is 97.2 Å².